The summed E-state index contributed by atoms with van der Waals surface area (Å²) in [4.78, 5) is 22.8. The number of nitrogen functional groups attached to an aromatic ring is 2. The normalized spacial score (nSPS) is 11.6. The highest BCUT2D eigenvalue weighted by atomic mass is 16.5. The van der Waals surface area contributed by atoms with Crippen LogP contribution in [0, 0.1) is 0 Å². The first kappa shape index (κ1) is 24.7. The maximum atomic E-state index is 12.2. The maximum Gasteiger partial charge on any atom is 0.341 e. The summed E-state index contributed by atoms with van der Waals surface area (Å²) in [6.45, 7) is -0.408. The third kappa shape index (κ3) is 6.78. The van der Waals surface area contributed by atoms with Gasteiger partial charge in [0.15, 0.2) is 6.61 Å². The molecular formula is C26H27N5O4. The molecule has 9 nitrogen and oxygen atoms in total. The molecule has 3 aromatic rings. The molecule has 0 radical (unpaired) electrons. The van der Waals surface area contributed by atoms with E-state index in [1.165, 1.54) is 6.08 Å². The molecule has 0 aliphatic carbocycles. The molecule has 180 valence electrons. The zero-order chi connectivity index (χ0) is 25.4. The highest BCUT2D eigenvalue weighted by Gasteiger charge is 2.09. The molecular weight excluding hydrogens is 446 g/mol. The Morgan fingerprint density at radius 1 is 0.943 bits per heavy atom. The number of carbonyl (C=O) groups is 2. The Kier molecular flexibility index (Phi) is 7.97. The van der Waals surface area contributed by atoms with E-state index < -0.39 is 12.6 Å². The van der Waals surface area contributed by atoms with E-state index in [4.69, 9.17) is 27.0 Å². The number of anilines is 3. The molecule has 9 N–H and O–H groups in total. The minimum Gasteiger partial charge on any atom is -0.482 e. The van der Waals surface area contributed by atoms with Gasteiger partial charge < -0.3 is 37.7 Å². The Morgan fingerprint density at radius 3 is 2.20 bits per heavy atom. The van der Waals surface area contributed by atoms with Crippen molar-refractivity contribution in [3.05, 3.63) is 89.5 Å². The Bertz CT molecular complexity index is 1270. The second-order valence-corrected chi connectivity index (χ2v) is 7.53. The second kappa shape index (κ2) is 11.3. The number of aliphatic carboxylic acids is 1. The van der Waals surface area contributed by atoms with Crippen LogP contribution in [0.3, 0.4) is 0 Å². The van der Waals surface area contributed by atoms with Crippen LogP contribution in [0.2, 0.25) is 0 Å². The van der Waals surface area contributed by atoms with Crippen LogP contribution in [-0.4, -0.2) is 30.6 Å². The number of carbonyl (C=O) groups excluding carboxylic acids is 1. The third-order valence-corrected chi connectivity index (χ3v) is 5.03. The molecule has 0 bridgehead atoms. The molecule has 0 spiro atoms. The number of hydrogen-bond acceptors (Lipinski definition) is 7. The highest BCUT2D eigenvalue weighted by Crippen LogP contribution is 2.23. The summed E-state index contributed by atoms with van der Waals surface area (Å²) < 4.78 is 5.16. The molecule has 0 saturated heterocycles. The van der Waals surface area contributed by atoms with E-state index in [0.29, 0.717) is 34.2 Å². The van der Waals surface area contributed by atoms with Crippen LogP contribution in [-0.2, 0) is 9.59 Å². The second-order valence-electron chi connectivity index (χ2n) is 7.53. The van der Waals surface area contributed by atoms with E-state index in [1.807, 2.05) is 24.3 Å². The maximum absolute atomic E-state index is 12.2. The summed E-state index contributed by atoms with van der Waals surface area (Å²) in [6, 6.07) is 19.3. The molecule has 3 rings (SSSR count). The van der Waals surface area contributed by atoms with Crippen molar-refractivity contribution in [1.29, 1.82) is 0 Å². The van der Waals surface area contributed by atoms with Crippen molar-refractivity contribution in [3.8, 4) is 5.75 Å². The summed E-state index contributed by atoms with van der Waals surface area (Å²) >= 11 is 0. The van der Waals surface area contributed by atoms with Gasteiger partial charge in [-0.1, -0.05) is 24.3 Å². The van der Waals surface area contributed by atoms with Crippen molar-refractivity contribution >= 4 is 46.4 Å². The van der Waals surface area contributed by atoms with Crippen LogP contribution in [0.15, 0.2) is 72.8 Å². The zero-order valence-corrected chi connectivity index (χ0v) is 19.1. The number of hydrogen-bond donors (Lipinski definition) is 6. The summed E-state index contributed by atoms with van der Waals surface area (Å²) in [6.07, 6.45) is 3.11. The first-order chi connectivity index (χ1) is 16.8. The average Bonchev–Trinajstić information content (AvgIpc) is 2.85. The molecule has 0 atom stereocenters. The van der Waals surface area contributed by atoms with E-state index in [-0.39, 0.29) is 5.91 Å². The first-order valence-electron chi connectivity index (χ1n) is 10.6. The van der Waals surface area contributed by atoms with Crippen LogP contribution in [0.25, 0.3) is 17.5 Å². The molecule has 1 amide bonds. The number of nitrogens with one attached hydrogen (secondary N) is 2. The fourth-order valence-electron chi connectivity index (χ4n) is 3.22. The predicted octanol–water partition coefficient (Wildman–Crippen LogP) is 2.97. The fraction of sp³-hybridized carbons (Fsp3) is 0.0769. The summed E-state index contributed by atoms with van der Waals surface area (Å²) in [7, 11) is 1.77. The van der Waals surface area contributed by atoms with Gasteiger partial charge in [0, 0.05) is 18.8 Å². The van der Waals surface area contributed by atoms with Gasteiger partial charge in [-0.3, -0.25) is 4.79 Å². The van der Waals surface area contributed by atoms with E-state index in [0.717, 1.165) is 16.7 Å². The largest absolute Gasteiger partial charge is 0.482 e. The SMILES string of the molecule is CN/C(=C(\N)c1ccc(/C=C/C(=O)Nc2ccc(N)c(N)c2)cc1)c1ccc(OCC(=O)O)cc1. The predicted molar refractivity (Wildman–Crippen MR) is 139 cm³/mol. The minimum absolute atomic E-state index is 0.300. The Morgan fingerprint density at radius 2 is 1.60 bits per heavy atom. The lowest BCUT2D eigenvalue weighted by molar-refractivity contribution is -0.139. The summed E-state index contributed by atoms with van der Waals surface area (Å²) in [5, 5.41) is 14.6. The molecule has 0 aliphatic rings. The number of carboxylic acid groups (broad SMARTS) is 1. The topological polar surface area (TPSA) is 166 Å². The third-order valence-electron chi connectivity index (χ3n) is 5.03. The number of nitrogens with two attached hydrogens (primary N) is 3. The first-order valence-corrected chi connectivity index (χ1v) is 10.6. The minimum atomic E-state index is -1.04. The zero-order valence-electron chi connectivity index (χ0n) is 19.1. The average molecular weight is 474 g/mol. The highest BCUT2D eigenvalue weighted by molar-refractivity contribution is 6.02. The molecule has 0 unspecified atom stereocenters. The van der Waals surface area contributed by atoms with Gasteiger partial charge in [-0.05, 0) is 65.2 Å². The number of carboxylic acids is 1. The van der Waals surface area contributed by atoms with Gasteiger partial charge in [0.1, 0.15) is 5.75 Å². The van der Waals surface area contributed by atoms with Crippen LogP contribution >= 0.6 is 0 Å². The van der Waals surface area contributed by atoms with Crippen LogP contribution < -0.4 is 32.6 Å². The molecule has 0 aliphatic heterocycles. The molecule has 0 aromatic heterocycles. The molecule has 0 saturated carbocycles. The van der Waals surface area contributed by atoms with Gasteiger partial charge in [-0.25, -0.2) is 4.79 Å². The Labute approximate surface area is 202 Å². The van der Waals surface area contributed by atoms with E-state index in [2.05, 4.69) is 10.6 Å². The van der Waals surface area contributed by atoms with E-state index in [9.17, 15) is 9.59 Å². The number of amides is 1. The van der Waals surface area contributed by atoms with Crippen LogP contribution in [0.4, 0.5) is 17.1 Å². The molecule has 35 heavy (non-hydrogen) atoms. The molecule has 0 fully saturated rings. The number of ether oxygens (including phenoxy) is 1. The van der Waals surface area contributed by atoms with Gasteiger partial charge in [0.05, 0.1) is 22.8 Å². The van der Waals surface area contributed by atoms with Gasteiger partial charge in [0.2, 0.25) is 5.91 Å². The van der Waals surface area contributed by atoms with Crippen molar-refractivity contribution < 1.29 is 19.4 Å². The Hall–Kier alpha value is -4.92. The quantitative estimate of drug-likeness (QED) is 0.157. The van der Waals surface area contributed by atoms with Gasteiger partial charge in [0.25, 0.3) is 0 Å². The molecule has 0 heterocycles. The monoisotopic (exact) mass is 473 g/mol. The van der Waals surface area contributed by atoms with Crippen molar-refractivity contribution in [3.63, 3.8) is 0 Å². The van der Waals surface area contributed by atoms with Gasteiger partial charge >= 0.3 is 5.97 Å². The van der Waals surface area contributed by atoms with Gasteiger partial charge in [-0.15, -0.1) is 0 Å². The number of benzene rings is 3. The molecule has 9 heteroatoms. The lowest BCUT2D eigenvalue weighted by Crippen LogP contribution is -2.12. The van der Waals surface area contributed by atoms with Crippen molar-refractivity contribution in [2.45, 2.75) is 0 Å². The Balaban J connectivity index is 1.69. The van der Waals surface area contributed by atoms with Crippen LogP contribution in [0.1, 0.15) is 16.7 Å². The fourth-order valence-corrected chi connectivity index (χ4v) is 3.22. The standard InChI is InChI=1S/C26H27N5O4/c1-30-26(18-7-10-20(11-8-18)35-15-24(33)34)25(29)17-5-2-16(3-6-17)4-13-23(32)31-19-9-12-21(27)22(28)14-19/h2-14,30H,15,27-29H2,1H3,(H,31,32)(H,33,34)/b13-4+,26-25-. The van der Waals surface area contributed by atoms with Crippen molar-refractivity contribution in [2.24, 2.45) is 5.73 Å². The van der Waals surface area contributed by atoms with Crippen molar-refractivity contribution in [1.82, 2.24) is 5.32 Å². The van der Waals surface area contributed by atoms with Gasteiger partial charge in [-0.2, -0.15) is 0 Å². The lowest BCUT2D eigenvalue weighted by Gasteiger charge is -2.13. The van der Waals surface area contributed by atoms with Crippen molar-refractivity contribution in [2.75, 3.05) is 30.4 Å². The molecule has 3 aromatic carbocycles. The lowest BCUT2D eigenvalue weighted by atomic mass is 10.0. The van der Waals surface area contributed by atoms with E-state index >= 15 is 0 Å². The van der Waals surface area contributed by atoms with Crippen LogP contribution in [0.5, 0.6) is 5.75 Å². The smallest absolute Gasteiger partial charge is 0.341 e. The van der Waals surface area contributed by atoms with E-state index in [1.54, 1.807) is 55.6 Å². The summed E-state index contributed by atoms with van der Waals surface area (Å²) in [5.41, 5.74) is 22.9. The number of rotatable bonds is 9. The summed E-state index contributed by atoms with van der Waals surface area (Å²) in [5.74, 6) is -0.892.